The van der Waals surface area contributed by atoms with Crippen molar-refractivity contribution in [1.82, 2.24) is 9.80 Å². The molecule has 69 heavy (non-hydrogen) atoms. The molecule has 4 aliphatic carbocycles. The van der Waals surface area contributed by atoms with Gasteiger partial charge in [-0.25, -0.2) is 9.59 Å². The molecule has 5 aliphatic rings. The van der Waals surface area contributed by atoms with Crippen LogP contribution in [-0.4, -0.2) is 162 Å². The van der Waals surface area contributed by atoms with Gasteiger partial charge in [-0.1, -0.05) is 25.5 Å². The van der Waals surface area contributed by atoms with Crippen LogP contribution in [0.3, 0.4) is 0 Å². The Morgan fingerprint density at radius 1 is 0.725 bits per heavy atom. The highest BCUT2D eigenvalue weighted by molar-refractivity contribution is 6.01. The van der Waals surface area contributed by atoms with Crippen molar-refractivity contribution >= 4 is 23.5 Å². The number of hydrogen-bond acceptors (Lipinski definition) is 17. The number of hydrogen-bond donors (Lipinski definition) is 3. The molecule has 2 aromatic carbocycles. The van der Waals surface area contributed by atoms with E-state index in [1.54, 1.807) is 36.4 Å². The Bertz CT molecular complexity index is 2090. The van der Waals surface area contributed by atoms with Gasteiger partial charge < -0.3 is 63.0 Å². The number of aliphatic hydroxyl groups is 3. The molecule has 0 amide bonds. The number of benzene rings is 2. The lowest BCUT2D eigenvalue weighted by Gasteiger charge is -2.59. The number of esters is 2. The van der Waals surface area contributed by atoms with Crippen LogP contribution in [0.5, 0.6) is 34.5 Å². The van der Waals surface area contributed by atoms with E-state index >= 15 is 0 Å². The molecule has 4 fully saturated rings. The number of methoxy groups -OCH3 is 6. The van der Waals surface area contributed by atoms with Crippen LogP contribution in [0.4, 0.5) is 0 Å². The third-order valence-corrected chi connectivity index (χ3v) is 15.4. The Morgan fingerprint density at radius 3 is 1.67 bits per heavy atom. The first-order chi connectivity index (χ1) is 33.0. The summed E-state index contributed by atoms with van der Waals surface area (Å²) in [5.74, 6) is 1.36. The molecule has 17 nitrogen and oxygen atoms in total. The maximum Gasteiger partial charge on any atom is 0.338 e. The van der Waals surface area contributed by atoms with Gasteiger partial charge in [-0.2, -0.15) is 0 Å². The highest BCUT2D eigenvalue weighted by atomic mass is 16.5. The van der Waals surface area contributed by atoms with Crippen molar-refractivity contribution in [1.29, 1.82) is 0 Å². The lowest BCUT2D eigenvalue weighted by Crippen LogP contribution is -2.61. The maximum absolute atomic E-state index is 12.6. The van der Waals surface area contributed by atoms with E-state index in [1.807, 2.05) is 13.0 Å². The third kappa shape index (κ3) is 11.1. The Hall–Kier alpha value is -5.20. The molecule has 17 heteroatoms. The normalized spacial score (nSPS) is 27.5. The van der Waals surface area contributed by atoms with Gasteiger partial charge in [0.1, 0.15) is 12.2 Å². The highest BCUT2D eigenvalue weighted by Crippen LogP contribution is 2.67. The van der Waals surface area contributed by atoms with Gasteiger partial charge in [0, 0.05) is 42.9 Å². The minimum atomic E-state index is -1.56. The molecular weight excluding hydrogens is 893 g/mol. The van der Waals surface area contributed by atoms with Crippen LogP contribution in [0.25, 0.3) is 0 Å². The van der Waals surface area contributed by atoms with Crippen molar-refractivity contribution in [3.05, 3.63) is 59.2 Å². The number of aliphatic hydroxyl groups excluding tert-OH is 2. The Labute approximate surface area is 405 Å². The number of rotatable bonds is 18. The van der Waals surface area contributed by atoms with Crippen LogP contribution in [0.1, 0.15) is 85.9 Å². The van der Waals surface area contributed by atoms with Gasteiger partial charge in [0.05, 0.1) is 73.1 Å². The lowest BCUT2D eigenvalue weighted by atomic mass is 9.46. The number of allylic oxidation sites excluding steroid dienone is 4. The number of ketones is 2. The molecule has 1 saturated heterocycles. The minimum Gasteiger partial charge on any atom is -0.493 e. The van der Waals surface area contributed by atoms with Gasteiger partial charge in [0.25, 0.3) is 0 Å². The molecule has 3 saturated carbocycles. The van der Waals surface area contributed by atoms with Crippen LogP contribution < -0.4 is 28.4 Å². The molecule has 1 aliphatic heterocycles. The largest absolute Gasteiger partial charge is 0.493 e. The average Bonchev–Trinajstić information content (AvgIpc) is 3.46. The topological polar surface area (TPSA) is 209 Å². The fraction of sp³-hybridized carbons (Fsp3) is 0.615. The summed E-state index contributed by atoms with van der Waals surface area (Å²) >= 11 is 0. The standard InChI is InChI=1S/C31H44N2O10.C21H28O5/c1-36-24-18-22(19-25(37-2)28(24)40-5)30(34)42-16-8-12-32-10-7-11-33(15-14-32)13-9-17-43-31(35)23-20-26(38-3)29(41-6)27(21-23)39-4;1-19-7-5-13(23)9-12(19)3-4-14-15-6-8-21(26,17(25)11-22)20(15,2)10-16(24)18(14)19/h18-21H,7-17H2,1-6H3;5,7,9,14-16,18,22,24,26H,3-4,6,8,10-11H2,1-2H3/t;14-,15-,16-,18+,19-,20-,21-/m.0/s1. The van der Waals surface area contributed by atoms with Crippen LogP contribution in [0, 0.1) is 28.6 Å². The fourth-order valence-corrected chi connectivity index (χ4v) is 11.9. The molecule has 0 aromatic heterocycles. The van der Waals surface area contributed by atoms with E-state index in [2.05, 4.69) is 16.7 Å². The van der Waals surface area contributed by atoms with E-state index < -0.39 is 41.4 Å². The molecule has 7 atom stereocenters. The summed E-state index contributed by atoms with van der Waals surface area (Å²) in [6.07, 6.45) is 10.2. The van der Waals surface area contributed by atoms with Crippen molar-refractivity contribution in [2.24, 2.45) is 28.6 Å². The summed E-state index contributed by atoms with van der Waals surface area (Å²) < 4.78 is 42.9. The SMILES string of the molecule is COc1cc(C(=O)OCCCN2CCCN(CCCOC(=O)c3cc(OC)c(OC)c(OC)c3)CC2)cc(OC)c1OC.C[C@]12C=CC(=O)C=C1CC[C@@H]1[C@@H]2[C@@H](O)C[C@@]2(C)[C@H]1CC[C@]2(O)C(=O)CO. The third-order valence-electron chi connectivity index (χ3n) is 15.4. The number of ether oxygens (including phenoxy) is 8. The summed E-state index contributed by atoms with van der Waals surface area (Å²) in [7, 11) is 9.04. The zero-order valence-electron chi connectivity index (χ0n) is 41.5. The van der Waals surface area contributed by atoms with Gasteiger partial charge >= 0.3 is 11.9 Å². The molecule has 380 valence electrons. The van der Waals surface area contributed by atoms with Gasteiger partial charge in [-0.3, -0.25) is 9.59 Å². The van der Waals surface area contributed by atoms with Crippen molar-refractivity contribution in [3.63, 3.8) is 0 Å². The summed E-state index contributed by atoms with van der Waals surface area (Å²) in [5, 5.41) is 31.7. The number of Topliss-reactive ketones (excluding diaryl/α,β-unsaturated/α-hetero) is 1. The van der Waals surface area contributed by atoms with Crippen molar-refractivity contribution in [3.8, 4) is 34.5 Å². The summed E-state index contributed by atoms with van der Waals surface area (Å²) in [4.78, 5) is 54.2. The molecule has 0 bridgehead atoms. The number of carbonyl (C=O) groups is 4. The van der Waals surface area contributed by atoms with Gasteiger partial charge in [0.2, 0.25) is 11.5 Å². The van der Waals surface area contributed by atoms with Gasteiger partial charge in [-0.15, -0.1) is 0 Å². The predicted octanol–water partition coefficient (Wildman–Crippen LogP) is 5.10. The second-order valence-corrected chi connectivity index (χ2v) is 19.0. The molecule has 1 heterocycles. The van der Waals surface area contributed by atoms with E-state index in [4.69, 9.17) is 37.9 Å². The summed E-state index contributed by atoms with van der Waals surface area (Å²) in [6, 6.07) is 6.34. The van der Waals surface area contributed by atoms with Gasteiger partial charge in [-0.05, 0) is 113 Å². The first-order valence-electron chi connectivity index (χ1n) is 23.9. The lowest BCUT2D eigenvalue weighted by molar-refractivity contribution is -0.178. The van der Waals surface area contributed by atoms with Crippen molar-refractivity contribution in [2.75, 3.05) is 102 Å². The van der Waals surface area contributed by atoms with E-state index in [-0.39, 0.29) is 29.0 Å². The van der Waals surface area contributed by atoms with E-state index in [0.717, 1.165) is 83.4 Å². The molecule has 0 spiro atoms. The van der Waals surface area contributed by atoms with Crippen LogP contribution in [0.15, 0.2) is 48.1 Å². The zero-order valence-corrected chi connectivity index (χ0v) is 41.5. The Kier molecular flexibility index (Phi) is 17.8. The van der Waals surface area contributed by atoms with E-state index in [9.17, 15) is 34.5 Å². The number of nitrogens with zero attached hydrogens (tertiary/aromatic N) is 2. The quantitative estimate of drug-likeness (QED) is 0.131. The molecule has 2 aromatic rings. The van der Waals surface area contributed by atoms with Crippen LogP contribution >= 0.6 is 0 Å². The van der Waals surface area contributed by atoms with E-state index in [0.29, 0.717) is 71.7 Å². The Balaban J connectivity index is 0.000000254. The zero-order chi connectivity index (χ0) is 50.1. The fourth-order valence-electron chi connectivity index (χ4n) is 11.9. The number of carbonyl (C=O) groups excluding carboxylic acids is 4. The second-order valence-electron chi connectivity index (χ2n) is 19.0. The molecule has 0 unspecified atom stereocenters. The summed E-state index contributed by atoms with van der Waals surface area (Å²) in [5.41, 5.74) is -0.858. The van der Waals surface area contributed by atoms with E-state index in [1.165, 1.54) is 42.7 Å². The first kappa shape index (κ1) is 53.2. The maximum atomic E-state index is 12.6. The van der Waals surface area contributed by atoms with Crippen molar-refractivity contribution < 1.29 is 72.4 Å². The first-order valence-corrected chi connectivity index (χ1v) is 23.9. The second kappa shape index (κ2) is 23.1. The highest BCUT2D eigenvalue weighted by Gasteiger charge is 2.68. The van der Waals surface area contributed by atoms with Crippen LogP contribution in [0.2, 0.25) is 0 Å². The summed E-state index contributed by atoms with van der Waals surface area (Å²) in [6.45, 7) is 9.44. The predicted molar refractivity (Wildman–Crippen MR) is 255 cm³/mol. The van der Waals surface area contributed by atoms with Gasteiger partial charge in [0.15, 0.2) is 34.6 Å². The van der Waals surface area contributed by atoms with Crippen LogP contribution in [-0.2, 0) is 19.1 Å². The number of fused-ring (bicyclic) bond motifs is 5. The van der Waals surface area contributed by atoms with Crippen molar-refractivity contribution in [2.45, 2.75) is 76.9 Å². The molecular formula is C52H72N2O15. The average molecular weight is 965 g/mol. The molecule has 3 N–H and O–H groups in total. The molecule has 0 radical (unpaired) electrons. The monoisotopic (exact) mass is 964 g/mol. The smallest absolute Gasteiger partial charge is 0.338 e. The minimum absolute atomic E-state index is 0.00912. The Morgan fingerprint density at radius 2 is 1.22 bits per heavy atom. The molecule has 7 rings (SSSR count).